The minimum atomic E-state index is -3.81. The molecule has 2 fully saturated rings. The molecule has 5 nitrogen and oxygen atoms in total. The maximum Gasteiger partial charge on any atom is 0.264 e. The van der Waals surface area contributed by atoms with Crippen LogP contribution in [0, 0.1) is 23.6 Å². The highest BCUT2D eigenvalue weighted by Crippen LogP contribution is 2.44. The van der Waals surface area contributed by atoms with Gasteiger partial charge in [0.25, 0.3) is 10.0 Å². The number of ketones is 1. The molecule has 3 unspecified atom stereocenters. The quantitative estimate of drug-likeness (QED) is 0.201. The Hall–Kier alpha value is -3.97. The molecule has 1 saturated heterocycles. The molecule has 4 atom stereocenters. The average molecular weight is 595 g/mol. The summed E-state index contributed by atoms with van der Waals surface area (Å²) in [6, 6.07) is 30.9. The first kappa shape index (κ1) is 27.8. The number of rotatable bonds is 8. The van der Waals surface area contributed by atoms with E-state index in [-0.39, 0.29) is 28.3 Å². The number of carbonyl (C=O) groups excluding carboxylic acids is 1. The number of carbonyl (C=O) groups is 1. The molecule has 0 spiro atoms. The molecule has 7 rings (SSSR count). The minimum absolute atomic E-state index is 0.0144. The van der Waals surface area contributed by atoms with Crippen molar-refractivity contribution in [2.75, 3.05) is 28.8 Å². The molecule has 2 heterocycles. The number of anilines is 2. The number of hydrogen-bond acceptors (Lipinski definition) is 4. The van der Waals surface area contributed by atoms with Crippen molar-refractivity contribution in [2.45, 2.75) is 36.5 Å². The smallest absolute Gasteiger partial charge is 0.264 e. The lowest BCUT2D eigenvalue weighted by molar-refractivity contribution is 0.0698. The lowest BCUT2D eigenvalue weighted by Gasteiger charge is -2.37. The van der Waals surface area contributed by atoms with Crippen molar-refractivity contribution in [3.63, 3.8) is 0 Å². The zero-order chi connectivity index (χ0) is 29.6. The number of nitrogens with zero attached hydrogens (tertiary/aromatic N) is 2. The SMILES string of the molecule is O=C(c1ccc(S(=O)(=O)N2C[C@H](c3ccccc3)c3ccccc32)cc1)C1CCC1CC1CCN(c2ccc(F)cc2)C1. The molecule has 0 N–H and O–H groups in total. The Kier molecular flexibility index (Phi) is 7.29. The predicted molar refractivity (Wildman–Crippen MR) is 168 cm³/mol. The van der Waals surface area contributed by atoms with E-state index in [2.05, 4.69) is 4.90 Å². The van der Waals surface area contributed by atoms with E-state index < -0.39 is 10.0 Å². The van der Waals surface area contributed by atoms with E-state index in [1.807, 2.05) is 66.7 Å². The second-order valence-electron chi connectivity index (χ2n) is 12.2. The minimum Gasteiger partial charge on any atom is -0.371 e. The van der Waals surface area contributed by atoms with E-state index in [4.69, 9.17) is 0 Å². The van der Waals surface area contributed by atoms with E-state index in [1.165, 1.54) is 16.4 Å². The summed E-state index contributed by atoms with van der Waals surface area (Å²) in [4.78, 5) is 16.0. The predicted octanol–water partition coefficient (Wildman–Crippen LogP) is 7.29. The van der Waals surface area contributed by atoms with Gasteiger partial charge in [-0.25, -0.2) is 12.8 Å². The van der Waals surface area contributed by atoms with Gasteiger partial charge in [0, 0.05) is 42.7 Å². The van der Waals surface area contributed by atoms with Crippen molar-refractivity contribution in [3.05, 3.63) is 126 Å². The van der Waals surface area contributed by atoms with Crippen molar-refractivity contribution in [3.8, 4) is 0 Å². The Balaban J connectivity index is 1.02. The van der Waals surface area contributed by atoms with Gasteiger partial charge in [0.05, 0.1) is 10.6 Å². The number of Topliss-reactive ketones (excluding diaryl/α,β-unsaturated/α-hetero) is 1. The molecule has 2 aliphatic heterocycles. The van der Waals surface area contributed by atoms with Crippen molar-refractivity contribution in [2.24, 2.45) is 17.8 Å². The normalized spacial score (nSPS) is 23.2. The van der Waals surface area contributed by atoms with Crippen LogP contribution in [0.1, 0.15) is 53.1 Å². The van der Waals surface area contributed by atoms with Crippen molar-refractivity contribution in [1.82, 2.24) is 0 Å². The fourth-order valence-corrected chi connectivity index (χ4v) is 8.74. The fourth-order valence-electron chi connectivity index (χ4n) is 7.24. The lowest BCUT2D eigenvalue weighted by atomic mass is 9.66. The molecule has 1 saturated carbocycles. The Bertz CT molecular complexity index is 1720. The van der Waals surface area contributed by atoms with Gasteiger partial charge < -0.3 is 4.90 Å². The van der Waals surface area contributed by atoms with Crippen molar-refractivity contribution < 1.29 is 17.6 Å². The molecule has 43 heavy (non-hydrogen) atoms. The summed E-state index contributed by atoms with van der Waals surface area (Å²) in [5.41, 5.74) is 4.43. The molecule has 0 bridgehead atoms. The molecule has 220 valence electrons. The summed E-state index contributed by atoms with van der Waals surface area (Å²) in [5.74, 6) is 0.709. The Morgan fingerprint density at radius 2 is 1.51 bits per heavy atom. The highest BCUT2D eigenvalue weighted by atomic mass is 32.2. The van der Waals surface area contributed by atoms with Gasteiger partial charge in [-0.15, -0.1) is 0 Å². The van der Waals surface area contributed by atoms with Crippen LogP contribution in [0.2, 0.25) is 0 Å². The first-order chi connectivity index (χ1) is 20.9. The molecule has 4 aromatic carbocycles. The molecule has 4 aromatic rings. The maximum atomic E-state index is 13.9. The van der Waals surface area contributed by atoms with Crippen LogP contribution in [0.4, 0.5) is 15.8 Å². The number of fused-ring (bicyclic) bond motifs is 1. The molecule has 0 radical (unpaired) electrons. The second-order valence-corrected chi connectivity index (χ2v) is 14.1. The van der Waals surface area contributed by atoms with Crippen LogP contribution in [0.25, 0.3) is 0 Å². The lowest BCUT2D eigenvalue weighted by Crippen LogP contribution is -2.35. The zero-order valence-corrected chi connectivity index (χ0v) is 24.8. The number of halogens is 1. The van der Waals surface area contributed by atoms with Crippen LogP contribution < -0.4 is 9.21 Å². The average Bonchev–Trinajstić information content (AvgIpc) is 3.66. The third kappa shape index (κ3) is 5.24. The van der Waals surface area contributed by atoms with Gasteiger partial charge in [-0.1, -0.05) is 60.7 Å². The Morgan fingerprint density at radius 1 is 0.791 bits per heavy atom. The summed E-state index contributed by atoms with van der Waals surface area (Å²) in [7, 11) is -3.81. The van der Waals surface area contributed by atoms with Gasteiger partial charge in [0.1, 0.15) is 5.82 Å². The van der Waals surface area contributed by atoms with Crippen LogP contribution >= 0.6 is 0 Å². The van der Waals surface area contributed by atoms with Gasteiger partial charge in [-0.2, -0.15) is 0 Å². The van der Waals surface area contributed by atoms with Gasteiger partial charge in [0.2, 0.25) is 0 Å². The number of para-hydroxylation sites is 1. The van der Waals surface area contributed by atoms with Gasteiger partial charge in [-0.3, -0.25) is 9.10 Å². The van der Waals surface area contributed by atoms with Crippen molar-refractivity contribution in [1.29, 1.82) is 0 Å². The van der Waals surface area contributed by atoms with Crippen LogP contribution in [0.15, 0.2) is 108 Å². The summed E-state index contributed by atoms with van der Waals surface area (Å²) in [6.07, 6.45) is 4.01. The molecular formula is C36H35FN2O3S. The number of sulfonamides is 1. The van der Waals surface area contributed by atoms with Crippen LogP contribution in [-0.4, -0.2) is 33.8 Å². The zero-order valence-electron chi connectivity index (χ0n) is 24.0. The van der Waals surface area contributed by atoms with Crippen LogP contribution in [-0.2, 0) is 10.0 Å². The van der Waals surface area contributed by atoms with E-state index in [0.717, 1.165) is 55.6 Å². The Labute approximate surface area is 253 Å². The monoisotopic (exact) mass is 594 g/mol. The molecule has 3 aliphatic rings. The Morgan fingerprint density at radius 3 is 2.23 bits per heavy atom. The molecule has 0 aromatic heterocycles. The topological polar surface area (TPSA) is 57.7 Å². The van der Waals surface area contributed by atoms with Gasteiger partial charge in [0.15, 0.2) is 5.78 Å². The van der Waals surface area contributed by atoms with Gasteiger partial charge in [-0.05, 0) is 91.1 Å². The highest BCUT2D eigenvalue weighted by molar-refractivity contribution is 7.92. The molecule has 1 aliphatic carbocycles. The second kappa shape index (κ2) is 11.3. The van der Waals surface area contributed by atoms with E-state index in [1.54, 1.807) is 24.3 Å². The summed E-state index contributed by atoms with van der Waals surface area (Å²) in [5, 5.41) is 0. The summed E-state index contributed by atoms with van der Waals surface area (Å²) >= 11 is 0. The van der Waals surface area contributed by atoms with Crippen LogP contribution in [0.5, 0.6) is 0 Å². The fraction of sp³-hybridized carbons (Fsp3) is 0.306. The van der Waals surface area contributed by atoms with E-state index >= 15 is 0 Å². The summed E-state index contributed by atoms with van der Waals surface area (Å²) in [6.45, 7) is 2.22. The third-order valence-electron chi connectivity index (χ3n) is 9.73. The first-order valence-corrected chi connectivity index (χ1v) is 16.6. The number of hydrogen-bond donors (Lipinski definition) is 0. The van der Waals surface area contributed by atoms with E-state index in [9.17, 15) is 17.6 Å². The van der Waals surface area contributed by atoms with Crippen LogP contribution in [0.3, 0.4) is 0 Å². The maximum absolute atomic E-state index is 13.9. The summed E-state index contributed by atoms with van der Waals surface area (Å²) < 4.78 is 42.6. The largest absolute Gasteiger partial charge is 0.371 e. The highest BCUT2D eigenvalue weighted by Gasteiger charge is 2.40. The van der Waals surface area contributed by atoms with E-state index in [0.29, 0.717) is 29.6 Å². The molecule has 0 amide bonds. The van der Waals surface area contributed by atoms with Gasteiger partial charge >= 0.3 is 0 Å². The van der Waals surface area contributed by atoms with Crippen molar-refractivity contribution >= 4 is 27.2 Å². The molecule has 7 heteroatoms. The third-order valence-corrected chi connectivity index (χ3v) is 11.5. The molecular weight excluding hydrogens is 559 g/mol. The standard InChI is InChI=1S/C36H35FN2O3S/c37-29-13-15-30(16-14-29)38-21-20-25(23-38)22-28-12-19-32(28)36(40)27-10-17-31(18-11-27)43(41,42)39-24-34(26-6-2-1-3-7-26)33-8-4-5-9-35(33)39/h1-11,13-18,25,28,32,34H,12,19-24H2/t25?,28?,32?,34-/m1/s1. The first-order valence-electron chi connectivity index (χ1n) is 15.2. The number of benzene rings is 4.